The number of rotatable bonds is 37. The summed E-state index contributed by atoms with van der Waals surface area (Å²) in [4.78, 5) is 39.5. The first-order valence-corrected chi connectivity index (χ1v) is 21.1. The molecule has 0 N–H and O–H groups in total. The van der Waals surface area contributed by atoms with Gasteiger partial charge in [-0.05, 0) is 77.8 Å². The second kappa shape index (κ2) is 38.3. The van der Waals surface area contributed by atoms with E-state index in [2.05, 4.69) is 56.9 Å². The second-order valence-electron chi connectivity index (χ2n) is 14.0. The lowest BCUT2D eigenvalue weighted by molar-refractivity contribution is -0.150. The van der Waals surface area contributed by atoms with Crippen LogP contribution >= 0.6 is 0 Å². The summed E-state index contributed by atoms with van der Waals surface area (Å²) < 4.78 is 27.4. The van der Waals surface area contributed by atoms with Crippen molar-refractivity contribution in [3.63, 3.8) is 0 Å². The van der Waals surface area contributed by atoms with E-state index in [1.165, 1.54) is 57.8 Å². The fourth-order valence-electron chi connectivity index (χ4n) is 5.57. The van der Waals surface area contributed by atoms with Crippen LogP contribution in [0.25, 0.3) is 0 Å². The number of ether oxygens (including phenoxy) is 5. The van der Waals surface area contributed by atoms with Crippen molar-refractivity contribution >= 4 is 18.1 Å². The molecule has 0 aromatic carbocycles. The van der Waals surface area contributed by atoms with Gasteiger partial charge in [0.15, 0.2) is 0 Å². The molecule has 9 nitrogen and oxygen atoms in total. The van der Waals surface area contributed by atoms with Crippen LogP contribution in [0.1, 0.15) is 169 Å². The largest absolute Gasteiger partial charge is 0.508 e. The van der Waals surface area contributed by atoms with Gasteiger partial charge in [-0.2, -0.15) is 0 Å². The Morgan fingerprint density at radius 2 is 1.10 bits per heavy atom. The molecule has 2 atom stereocenters. The minimum Gasteiger partial charge on any atom is -0.465 e. The van der Waals surface area contributed by atoms with Crippen LogP contribution in [0.3, 0.4) is 0 Å². The number of hydrogen-bond acceptors (Lipinski definition) is 9. The summed E-state index contributed by atoms with van der Waals surface area (Å²) in [6.07, 6.45) is 29.6. The lowest BCUT2D eigenvalue weighted by atomic mass is 10.1. The van der Waals surface area contributed by atoms with Gasteiger partial charge in [0.05, 0.1) is 18.6 Å². The first-order chi connectivity index (χ1) is 25.4. The monoisotopic (exact) mass is 738 g/mol. The SMILES string of the molecule is CCCCC/C=C\C/C=C\CCCCCCCC(=O)OCC(COC(=O)CCC(C)OCCCCCCCC)COC(=O)OCCCN(CC)CC. The van der Waals surface area contributed by atoms with E-state index in [1.54, 1.807) is 0 Å². The van der Waals surface area contributed by atoms with Crippen molar-refractivity contribution < 1.29 is 38.1 Å². The van der Waals surface area contributed by atoms with E-state index in [-0.39, 0.29) is 50.9 Å². The standard InChI is InChI=1S/C43H79NO8/c1-6-10-12-14-16-17-18-19-20-21-22-23-24-25-27-30-41(45)50-36-40(38-52-43(47)49-35-29-33-44(8-3)9-4)37-51-42(46)32-31-39(5)48-34-28-26-15-13-11-7-2/h16-17,19-20,39-40H,6-15,18,21-38H2,1-5H3/b17-16-,20-19-. The third-order valence-corrected chi connectivity index (χ3v) is 9.12. The zero-order valence-electron chi connectivity index (χ0n) is 34.2. The number of nitrogens with zero attached hydrogens (tertiary/aromatic N) is 1. The Kier molecular flexibility index (Phi) is 36.6. The molecule has 0 aromatic rings. The van der Waals surface area contributed by atoms with Crippen LogP contribution in [-0.2, 0) is 33.3 Å². The molecule has 0 heterocycles. The quantitative estimate of drug-likeness (QED) is 0.0267. The van der Waals surface area contributed by atoms with Gasteiger partial charge in [-0.25, -0.2) is 4.79 Å². The van der Waals surface area contributed by atoms with Crippen molar-refractivity contribution in [3.8, 4) is 0 Å². The fraction of sp³-hybridized carbons (Fsp3) is 0.837. The summed E-state index contributed by atoms with van der Waals surface area (Å²) in [6.45, 7) is 14.2. The Balaban J connectivity index is 4.44. The van der Waals surface area contributed by atoms with Gasteiger partial charge >= 0.3 is 18.1 Å². The summed E-state index contributed by atoms with van der Waals surface area (Å²) >= 11 is 0. The number of unbranched alkanes of at least 4 members (excludes halogenated alkanes) is 13. The Morgan fingerprint density at radius 1 is 0.558 bits per heavy atom. The lowest BCUT2D eigenvalue weighted by Crippen LogP contribution is -2.27. The Labute approximate surface area is 318 Å². The molecule has 304 valence electrons. The average Bonchev–Trinajstić information content (AvgIpc) is 3.14. The minimum atomic E-state index is -0.774. The van der Waals surface area contributed by atoms with Gasteiger partial charge in [0.25, 0.3) is 0 Å². The summed E-state index contributed by atoms with van der Waals surface area (Å²) in [5.74, 6) is -1.13. The summed E-state index contributed by atoms with van der Waals surface area (Å²) in [6, 6.07) is 0. The molecular formula is C43H79NO8. The highest BCUT2D eigenvalue weighted by atomic mass is 16.7. The third kappa shape index (κ3) is 34.7. The smallest absolute Gasteiger partial charge is 0.465 e. The zero-order chi connectivity index (χ0) is 38.3. The van der Waals surface area contributed by atoms with Gasteiger partial charge in [0.2, 0.25) is 0 Å². The van der Waals surface area contributed by atoms with E-state index in [1.807, 2.05) is 6.92 Å². The van der Waals surface area contributed by atoms with Crippen LogP contribution < -0.4 is 0 Å². The molecule has 0 aromatic heterocycles. The normalized spacial score (nSPS) is 12.8. The summed E-state index contributed by atoms with van der Waals surface area (Å²) in [5.41, 5.74) is 0. The predicted octanol–water partition coefficient (Wildman–Crippen LogP) is 10.9. The molecule has 0 amide bonds. The summed E-state index contributed by atoms with van der Waals surface area (Å²) in [5, 5.41) is 0. The van der Waals surface area contributed by atoms with Gasteiger partial charge in [0, 0.05) is 26.0 Å². The Bertz CT molecular complexity index is 888. The van der Waals surface area contributed by atoms with E-state index < -0.39 is 12.1 Å². The topological polar surface area (TPSA) is 101 Å². The molecule has 0 aliphatic rings. The van der Waals surface area contributed by atoms with Crippen molar-refractivity contribution in [1.29, 1.82) is 0 Å². The lowest BCUT2D eigenvalue weighted by Gasteiger charge is -2.19. The van der Waals surface area contributed by atoms with Crippen molar-refractivity contribution in [2.24, 2.45) is 5.92 Å². The highest BCUT2D eigenvalue weighted by Crippen LogP contribution is 2.12. The van der Waals surface area contributed by atoms with Crippen LogP contribution in [0.2, 0.25) is 0 Å². The molecule has 0 aliphatic carbocycles. The van der Waals surface area contributed by atoms with Gasteiger partial charge < -0.3 is 28.6 Å². The first-order valence-electron chi connectivity index (χ1n) is 21.1. The van der Waals surface area contributed by atoms with Crippen molar-refractivity contribution in [3.05, 3.63) is 24.3 Å². The fourth-order valence-corrected chi connectivity index (χ4v) is 5.57. The van der Waals surface area contributed by atoms with E-state index >= 15 is 0 Å². The Hall–Kier alpha value is -2.39. The number of carbonyl (C=O) groups excluding carboxylic acids is 3. The van der Waals surface area contributed by atoms with Crippen LogP contribution in [0, 0.1) is 5.92 Å². The maximum absolute atomic E-state index is 12.5. The molecule has 2 unspecified atom stereocenters. The number of allylic oxidation sites excluding steroid dienone is 4. The molecule has 0 rings (SSSR count). The average molecular weight is 738 g/mol. The van der Waals surface area contributed by atoms with E-state index in [4.69, 9.17) is 23.7 Å². The maximum Gasteiger partial charge on any atom is 0.508 e. The third-order valence-electron chi connectivity index (χ3n) is 9.12. The Morgan fingerprint density at radius 3 is 1.75 bits per heavy atom. The first kappa shape index (κ1) is 49.6. The molecule has 0 spiro atoms. The maximum atomic E-state index is 12.5. The molecule has 0 aliphatic heterocycles. The number of esters is 2. The van der Waals surface area contributed by atoms with E-state index in [0.717, 1.165) is 71.0 Å². The van der Waals surface area contributed by atoms with Crippen LogP contribution in [-0.4, -0.2) is 81.8 Å². The molecule has 0 radical (unpaired) electrons. The molecule has 0 saturated carbocycles. The zero-order valence-corrected chi connectivity index (χ0v) is 34.2. The van der Waals surface area contributed by atoms with Crippen LogP contribution in [0.15, 0.2) is 24.3 Å². The minimum absolute atomic E-state index is 0.000609. The molecule has 0 fully saturated rings. The van der Waals surface area contributed by atoms with Crippen LogP contribution in [0.5, 0.6) is 0 Å². The van der Waals surface area contributed by atoms with E-state index in [9.17, 15) is 14.4 Å². The highest BCUT2D eigenvalue weighted by molar-refractivity contribution is 5.69. The molecular weight excluding hydrogens is 658 g/mol. The van der Waals surface area contributed by atoms with Crippen LogP contribution in [0.4, 0.5) is 4.79 Å². The van der Waals surface area contributed by atoms with Gasteiger partial charge in [0.1, 0.15) is 19.8 Å². The highest BCUT2D eigenvalue weighted by Gasteiger charge is 2.19. The number of carbonyl (C=O) groups is 3. The van der Waals surface area contributed by atoms with Crippen molar-refractivity contribution in [2.75, 3.05) is 52.7 Å². The van der Waals surface area contributed by atoms with Gasteiger partial charge in [-0.15, -0.1) is 0 Å². The molecule has 52 heavy (non-hydrogen) atoms. The summed E-state index contributed by atoms with van der Waals surface area (Å²) in [7, 11) is 0. The number of hydrogen-bond donors (Lipinski definition) is 0. The van der Waals surface area contributed by atoms with E-state index in [0.29, 0.717) is 25.9 Å². The van der Waals surface area contributed by atoms with Gasteiger partial charge in [-0.1, -0.05) is 116 Å². The molecule has 0 bridgehead atoms. The van der Waals surface area contributed by atoms with Crippen molar-refractivity contribution in [1.82, 2.24) is 4.90 Å². The predicted molar refractivity (Wildman–Crippen MR) is 212 cm³/mol. The van der Waals surface area contributed by atoms with Gasteiger partial charge in [-0.3, -0.25) is 9.59 Å². The second-order valence-corrected chi connectivity index (χ2v) is 14.0. The van der Waals surface area contributed by atoms with Crippen molar-refractivity contribution in [2.45, 2.75) is 176 Å². The molecule has 9 heteroatoms. The molecule has 0 saturated heterocycles.